The zero-order valence-corrected chi connectivity index (χ0v) is 17.8. The van der Waals surface area contributed by atoms with Gasteiger partial charge in [0, 0.05) is 24.2 Å². The van der Waals surface area contributed by atoms with Crippen molar-refractivity contribution in [2.24, 2.45) is 0 Å². The number of hydrogen-bond acceptors (Lipinski definition) is 4. The zero-order chi connectivity index (χ0) is 20.8. The molecule has 3 aromatic rings. The molecule has 0 bridgehead atoms. The summed E-state index contributed by atoms with van der Waals surface area (Å²) < 4.78 is 7.61. The minimum Gasteiger partial charge on any atom is -0.427 e. The number of carbonyl (C=O) groups is 1. The Morgan fingerprint density at radius 2 is 1.90 bits per heavy atom. The van der Waals surface area contributed by atoms with Crippen molar-refractivity contribution in [2.75, 3.05) is 5.32 Å². The standard InChI is InChI=1S/C25H31N3O2/c1-2-3-5-13-23(29)30-21-16-14-19(15-17-21)24-25(26-20-10-6-4-7-11-20)28-18-9-8-12-22(28)27-24/h8-9,12,14-18,20,26H,2-7,10-11,13H2,1H3. The Hall–Kier alpha value is -2.82. The highest BCUT2D eigenvalue weighted by atomic mass is 16.5. The Bertz CT molecular complexity index is 972. The molecule has 1 saturated carbocycles. The molecule has 0 unspecified atom stereocenters. The predicted molar refractivity (Wildman–Crippen MR) is 121 cm³/mol. The van der Waals surface area contributed by atoms with Crippen molar-refractivity contribution >= 4 is 17.4 Å². The van der Waals surface area contributed by atoms with Gasteiger partial charge >= 0.3 is 5.97 Å². The van der Waals surface area contributed by atoms with Gasteiger partial charge in [0.2, 0.25) is 0 Å². The monoisotopic (exact) mass is 405 g/mol. The van der Waals surface area contributed by atoms with Gasteiger partial charge in [-0.05, 0) is 55.7 Å². The molecule has 2 heterocycles. The molecule has 1 fully saturated rings. The summed E-state index contributed by atoms with van der Waals surface area (Å²) in [6.07, 6.45) is 11.8. The van der Waals surface area contributed by atoms with Gasteiger partial charge in [0.25, 0.3) is 0 Å². The van der Waals surface area contributed by atoms with Crippen LogP contribution in [0, 0.1) is 0 Å². The third kappa shape index (κ3) is 4.84. The lowest BCUT2D eigenvalue weighted by molar-refractivity contribution is -0.134. The summed E-state index contributed by atoms with van der Waals surface area (Å²) in [5, 5.41) is 3.76. The first kappa shape index (κ1) is 20.5. The SMILES string of the molecule is CCCCCC(=O)Oc1ccc(-c2nc3ccccn3c2NC2CCCCC2)cc1. The van der Waals surface area contributed by atoms with Gasteiger partial charge in [-0.3, -0.25) is 9.20 Å². The Morgan fingerprint density at radius 3 is 2.67 bits per heavy atom. The molecule has 0 spiro atoms. The summed E-state index contributed by atoms with van der Waals surface area (Å²) >= 11 is 0. The minimum absolute atomic E-state index is 0.163. The zero-order valence-electron chi connectivity index (χ0n) is 17.8. The van der Waals surface area contributed by atoms with Gasteiger partial charge in [-0.25, -0.2) is 4.98 Å². The summed E-state index contributed by atoms with van der Waals surface area (Å²) in [5.41, 5.74) is 2.88. The second kappa shape index (κ2) is 9.79. The summed E-state index contributed by atoms with van der Waals surface area (Å²) in [7, 11) is 0. The maximum absolute atomic E-state index is 12.0. The molecule has 4 rings (SSSR count). The van der Waals surface area contributed by atoms with E-state index in [9.17, 15) is 4.79 Å². The molecule has 5 nitrogen and oxygen atoms in total. The molecule has 30 heavy (non-hydrogen) atoms. The smallest absolute Gasteiger partial charge is 0.311 e. The molecule has 1 N–H and O–H groups in total. The molecule has 1 aliphatic rings. The molecule has 158 valence electrons. The van der Waals surface area contributed by atoms with Crippen LogP contribution in [0.15, 0.2) is 48.7 Å². The number of aromatic nitrogens is 2. The maximum atomic E-state index is 12.0. The summed E-state index contributed by atoms with van der Waals surface area (Å²) in [6, 6.07) is 14.3. The maximum Gasteiger partial charge on any atom is 0.311 e. The second-order valence-electron chi connectivity index (χ2n) is 8.17. The van der Waals surface area contributed by atoms with Crippen LogP contribution in [0.1, 0.15) is 64.7 Å². The second-order valence-corrected chi connectivity index (χ2v) is 8.17. The van der Waals surface area contributed by atoms with Crippen LogP contribution >= 0.6 is 0 Å². The molecule has 5 heteroatoms. The average molecular weight is 406 g/mol. The van der Waals surface area contributed by atoms with Crippen LogP contribution in [0.5, 0.6) is 5.75 Å². The molecule has 0 amide bonds. The molecule has 0 aliphatic heterocycles. The molecule has 2 aromatic heterocycles. The van der Waals surface area contributed by atoms with Crippen LogP contribution in [0.25, 0.3) is 16.9 Å². The van der Waals surface area contributed by atoms with E-state index < -0.39 is 0 Å². The van der Waals surface area contributed by atoms with Crippen molar-refractivity contribution in [1.82, 2.24) is 9.38 Å². The fourth-order valence-corrected chi connectivity index (χ4v) is 4.16. The van der Waals surface area contributed by atoms with Crippen molar-refractivity contribution in [2.45, 2.75) is 70.8 Å². The van der Waals surface area contributed by atoms with Gasteiger partial charge in [-0.2, -0.15) is 0 Å². The van der Waals surface area contributed by atoms with Crippen LogP contribution in [0.3, 0.4) is 0 Å². The number of anilines is 1. The molecule has 0 atom stereocenters. The molecular weight excluding hydrogens is 374 g/mol. The van der Waals surface area contributed by atoms with Gasteiger partial charge in [0.15, 0.2) is 0 Å². The normalized spacial score (nSPS) is 14.7. The quantitative estimate of drug-likeness (QED) is 0.274. The van der Waals surface area contributed by atoms with E-state index in [0.29, 0.717) is 18.2 Å². The first-order valence-electron chi connectivity index (χ1n) is 11.3. The van der Waals surface area contributed by atoms with E-state index in [2.05, 4.69) is 22.8 Å². The van der Waals surface area contributed by atoms with Crippen molar-refractivity contribution in [3.63, 3.8) is 0 Å². The highest BCUT2D eigenvalue weighted by molar-refractivity contribution is 5.77. The van der Waals surface area contributed by atoms with Crippen LogP contribution in [-0.4, -0.2) is 21.4 Å². The number of rotatable bonds is 8. The molecule has 1 aliphatic carbocycles. The number of unbranched alkanes of at least 4 members (excludes halogenated alkanes) is 2. The van der Waals surface area contributed by atoms with E-state index in [1.165, 1.54) is 32.1 Å². The van der Waals surface area contributed by atoms with E-state index in [4.69, 9.17) is 9.72 Å². The average Bonchev–Trinajstić information content (AvgIpc) is 3.14. The number of ether oxygens (including phenoxy) is 1. The van der Waals surface area contributed by atoms with Crippen molar-refractivity contribution in [3.8, 4) is 17.0 Å². The van der Waals surface area contributed by atoms with E-state index in [0.717, 1.165) is 42.0 Å². The fourth-order valence-electron chi connectivity index (χ4n) is 4.16. The lowest BCUT2D eigenvalue weighted by Crippen LogP contribution is -2.23. The number of carbonyl (C=O) groups excluding carboxylic acids is 1. The Balaban J connectivity index is 1.54. The lowest BCUT2D eigenvalue weighted by atomic mass is 9.95. The van der Waals surface area contributed by atoms with Gasteiger partial charge in [-0.1, -0.05) is 45.1 Å². The van der Waals surface area contributed by atoms with Crippen molar-refractivity contribution in [1.29, 1.82) is 0 Å². The van der Waals surface area contributed by atoms with E-state index in [1.54, 1.807) is 0 Å². The van der Waals surface area contributed by atoms with Gasteiger partial charge < -0.3 is 10.1 Å². The van der Waals surface area contributed by atoms with E-state index >= 15 is 0 Å². The third-order valence-corrected chi connectivity index (χ3v) is 5.82. The number of benzene rings is 1. The van der Waals surface area contributed by atoms with Crippen LogP contribution in [-0.2, 0) is 4.79 Å². The Morgan fingerprint density at radius 1 is 1.10 bits per heavy atom. The molecule has 1 aromatic carbocycles. The van der Waals surface area contributed by atoms with Crippen LogP contribution < -0.4 is 10.1 Å². The number of hydrogen-bond donors (Lipinski definition) is 1. The minimum atomic E-state index is -0.163. The number of esters is 1. The summed E-state index contributed by atoms with van der Waals surface area (Å²) in [5.74, 6) is 1.47. The molecular formula is C25H31N3O2. The number of fused-ring (bicyclic) bond motifs is 1. The highest BCUT2D eigenvalue weighted by Gasteiger charge is 2.19. The Kier molecular flexibility index (Phi) is 6.67. The van der Waals surface area contributed by atoms with Gasteiger partial charge in [-0.15, -0.1) is 0 Å². The number of nitrogens with zero attached hydrogens (tertiary/aromatic N) is 2. The van der Waals surface area contributed by atoms with Crippen LogP contribution in [0.4, 0.5) is 5.82 Å². The Labute approximate surface area is 178 Å². The fraction of sp³-hybridized carbons (Fsp3) is 0.440. The highest BCUT2D eigenvalue weighted by Crippen LogP contribution is 2.32. The first-order chi connectivity index (χ1) is 14.7. The van der Waals surface area contributed by atoms with Gasteiger partial charge in [0.05, 0.1) is 0 Å². The van der Waals surface area contributed by atoms with E-state index in [1.807, 2.05) is 42.5 Å². The number of imidazole rings is 1. The lowest BCUT2D eigenvalue weighted by Gasteiger charge is -2.24. The molecule has 0 saturated heterocycles. The number of pyridine rings is 1. The summed E-state index contributed by atoms with van der Waals surface area (Å²) in [6.45, 7) is 2.13. The van der Waals surface area contributed by atoms with Crippen LogP contribution in [0.2, 0.25) is 0 Å². The third-order valence-electron chi connectivity index (χ3n) is 5.82. The largest absolute Gasteiger partial charge is 0.427 e. The van der Waals surface area contributed by atoms with Crippen molar-refractivity contribution < 1.29 is 9.53 Å². The van der Waals surface area contributed by atoms with Gasteiger partial charge in [0.1, 0.15) is 22.9 Å². The first-order valence-corrected chi connectivity index (χ1v) is 11.3. The van der Waals surface area contributed by atoms with Crippen molar-refractivity contribution in [3.05, 3.63) is 48.7 Å². The molecule has 0 radical (unpaired) electrons. The summed E-state index contributed by atoms with van der Waals surface area (Å²) in [4.78, 5) is 16.9. The number of nitrogens with one attached hydrogen (secondary N) is 1. The topological polar surface area (TPSA) is 55.6 Å². The van der Waals surface area contributed by atoms with E-state index in [-0.39, 0.29) is 5.97 Å². The predicted octanol–water partition coefficient (Wildman–Crippen LogP) is 6.23.